The van der Waals surface area contributed by atoms with Gasteiger partial charge in [0.25, 0.3) is 0 Å². The van der Waals surface area contributed by atoms with Crippen LogP contribution in [0.1, 0.15) is 25.8 Å². The van der Waals surface area contributed by atoms with E-state index in [4.69, 9.17) is 10.5 Å². The SMILES string of the molecule is CCC(C)(N)COCC(=O)Nc1ccc(C)cc1. The summed E-state index contributed by atoms with van der Waals surface area (Å²) in [5, 5.41) is 2.77. The molecule has 0 aromatic heterocycles. The Hall–Kier alpha value is -1.39. The Balaban J connectivity index is 2.32. The zero-order chi connectivity index (χ0) is 13.6. The van der Waals surface area contributed by atoms with Crippen LogP contribution in [0.3, 0.4) is 0 Å². The van der Waals surface area contributed by atoms with Crippen molar-refractivity contribution >= 4 is 11.6 Å². The van der Waals surface area contributed by atoms with Gasteiger partial charge in [0.05, 0.1) is 6.61 Å². The number of anilines is 1. The van der Waals surface area contributed by atoms with Crippen LogP contribution >= 0.6 is 0 Å². The number of carbonyl (C=O) groups excluding carboxylic acids is 1. The van der Waals surface area contributed by atoms with Crippen molar-refractivity contribution in [3.63, 3.8) is 0 Å². The monoisotopic (exact) mass is 250 g/mol. The highest BCUT2D eigenvalue weighted by Crippen LogP contribution is 2.09. The van der Waals surface area contributed by atoms with E-state index in [1.807, 2.05) is 45.0 Å². The summed E-state index contributed by atoms with van der Waals surface area (Å²) in [5.74, 6) is -0.161. The molecule has 0 bridgehead atoms. The van der Waals surface area contributed by atoms with E-state index in [9.17, 15) is 4.79 Å². The lowest BCUT2D eigenvalue weighted by atomic mass is 10.0. The highest BCUT2D eigenvalue weighted by molar-refractivity contribution is 5.91. The maximum Gasteiger partial charge on any atom is 0.250 e. The molecule has 1 aromatic rings. The quantitative estimate of drug-likeness (QED) is 0.812. The summed E-state index contributed by atoms with van der Waals surface area (Å²) in [4.78, 5) is 11.6. The number of amides is 1. The van der Waals surface area contributed by atoms with Crippen molar-refractivity contribution in [1.82, 2.24) is 0 Å². The summed E-state index contributed by atoms with van der Waals surface area (Å²) < 4.78 is 5.31. The number of hydrogen-bond acceptors (Lipinski definition) is 3. The van der Waals surface area contributed by atoms with Gasteiger partial charge in [-0.15, -0.1) is 0 Å². The summed E-state index contributed by atoms with van der Waals surface area (Å²) in [6.45, 7) is 6.31. The molecule has 0 saturated heterocycles. The maximum atomic E-state index is 11.6. The van der Waals surface area contributed by atoms with Crippen molar-refractivity contribution in [1.29, 1.82) is 0 Å². The normalized spacial score (nSPS) is 14.0. The fourth-order valence-electron chi connectivity index (χ4n) is 1.31. The first-order valence-electron chi connectivity index (χ1n) is 6.16. The Kier molecular flexibility index (Phi) is 5.31. The lowest BCUT2D eigenvalue weighted by molar-refractivity contribution is -0.121. The summed E-state index contributed by atoms with van der Waals surface area (Å²) in [6, 6.07) is 7.63. The van der Waals surface area contributed by atoms with Gasteiger partial charge in [0.1, 0.15) is 6.61 Å². The number of aryl methyl sites for hydroxylation is 1. The van der Waals surface area contributed by atoms with Crippen molar-refractivity contribution in [2.24, 2.45) is 5.73 Å². The Morgan fingerprint density at radius 1 is 1.39 bits per heavy atom. The van der Waals surface area contributed by atoms with Gasteiger partial charge in [-0.3, -0.25) is 4.79 Å². The minimum Gasteiger partial charge on any atom is -0.370 e. The van der Waals surface area contributed by atoms with Gasteiger partial charge in [-0.2, -0.15) is 0 Å². The molecule has 0 heterocycles. The largest absolute Gasteiger partial charge is 0.370 e. The van der Waals surface area contributed by atoms with Crippen LogP contribution in [0.2, 0.25) is 0 Å². The lowest BCUT2D eigenvalue weighted by Gasteiger charge is -2.22. The van der Waals surface area contributed by atoms with E-state index >= 15 is 0 Å². The second kappa shape index (κ2) is 6.52. The molecular weight excluding hydrogens is 228 g/mol. The van der Waals surface area contributed by atoms with Crippen LogP contribution in [0.5, 0.6) is 0 Å². The van der Waals surface area contributed by atoms with Crippen LogP contribution in [0.4, 0.5) is 5.69 Å². The molecule has 0 saturated carbocycles. The van der Waals surface area contributed by atoms with E-state index in [-0.39, 0.29) is 18.1 Å². The number of nitrogens with one attached hydrogen (secondary N) is 1. The summed E-state index contributed by atoms with van der Waals surface area (Å²) in [6.07, 6.45) is 0.812. The zero-order valence-corrected chi connectivity index (χ0v) is 11.3. The molecule has 4 nitrogen and oxygen atoms in total. The molecule has 0 fully saturated rings. The van der Waals surface area contributed by atoms with E-state index < -0.39 is 0 Å². The molecule has 18 heavy (non-hydrogen) atoms. The van der Waals surface area contributed by atoms with Crippen molar-refractivity contribution in [3.05, 3.63) is 29.8 Å². The van der Waals surface area contributed by atoms with Crippen LogP contribution in [0, 0.1) is 6.92 Å². The number of benzene rings is 1. The molecule has 0 aliphatic heterocycles. The number of rotatable bonds is 6. The Morgan fingerprint density at radius 2 is 2.00 bits per heavy atom. The Bertz CT molecular complexity index is 385. The van der Waals surface area contributed by atoms with Crippen LogP contribution in [0.25, 0.3) is 0 Å². The maximum absolute atomic E-state index is 11.6. The smallest absolute Gasteiger partial charge is 0.250 e. The van der Waals surface area contributed by atoms with Gasteiger partial charge >= 0.3 is 0 Å². The van der Waals surface area contributed by atoms with Crippen molar-refractivity contribution in [3.8, 4) is 0 Å². The van der Waals surface area contributed by atoms with E-state index in [1.54, 1.807) is 0 Å². The average molecular weight is 250 g/mol. The fraction of sp³-hybridized carbons (Fsp3) is 0.500. The van der Waals surface area contributed by atoms with Gasteiger partial charge in [0.15, 0.2) is 0 Å². The minimum absolute atomic E-state index is 0.0284. The molecule has 1 atom stereocenters. The number of carbonyl (C=O) groups is 1. The molecule has 0 aliphatic rings. The lowest BCUT2D eigenvalue weighted by Crippen LogP contribution is -2.41. The second-order valence-electron chi connectivity index (χ2n) is 4.91. The summed E-state index contributed by atoms with van der Waals surface area (Å²) >= 11 is 0. The van der Waals surface area contributed by atoms with Gasteiger partial charge in [-0.05, 0) is 32.4 Å². The van der Waals surface area contributed by atoms with Crippen molar-refractivity contribution in [2.75, 3.05) is 18.5 Å². The van der Waals surface area contributed by atoms with Crippen LogP contribution in [0.15, 0.2) is 24.3 Å². The molecule has 4 heteroatoms. The van der Waals surface area contributed by atoms with Crippen molar-refractivity contribution in [2.45, 2.75) is 32.7 Å². The predicted molar refractivity (Wildman–Crippen MR) is 73.5 cm³/mol. The van der Waals surface area contributed by atoms with Crippen LogP contribution in [-0.4, -0.2) is 24.7 Å². The van der Waals surface area contributed by atoms with Gasteiger partial charge < -0.3 is 15.8 Å². The topological polar surface area (TPSA) is 64.3 Å². The zero-order valence-electron chi connectivity index (χ0n) is 11.3. The third-order valence-electron chi connectivity index (χ3n) is 2.81. The molecule has 0 aliphatic carbocycles. The van der Waals surface area contributed by atoms with Crippen molar-refractivity contribution < 1.29 is 9.53 Å². The van der Waals surface area contributed by atoms with Crippen LogP contribution < -0.4 is 11.1 Å². The van der Waals surface area contributed by atoms with Crippen LogP contribution in [-0.2, 0) is 9.53 Å². The number of hydrogen-bond donors (Lipinski definition) is 2. The summed E-state index contributed by atoms with van der Waals surface area (Å²) in [7, 11) is 0. The molecule has 1 rings (SSSR count). The molecule has 0 spiro atoms. The molecule has 0 radical (unpaired) electrons. The Labute approximate surface area is 109 Å². The molecule has 1 amide bonds. The van der Waals surface area contributed by atoms with E-state index in [1.165, 1.54) is 0 Å². The first-order chi connectivity index (χ1) is 8.43. The Morgan fingerprint density at radius 3 is 2.56 bits per heavy atom. The number of nitrogens with two attached hydrogens (primary N) is 1. The highest BCUT2D eigenvalue weighted by atomic mass is 16.5. The predicted octanol–water partition coefficient (Wildman–Crippen LogP) is 2.08. The average Bonchev–Trinajstić information content (AvgIpc) is 2.32. The molecule has 100 valence electrons. The van der Waals surface area contributed by atoms with Gasteiger partial charge in [-0.1, -0.05) is 24.6 Å². The number of ether oxygens (including phenoxy) is 1. The van der Waals surface area contributed by atoms with E-state index in [2.05, 4.69) is 5.32 Å². The highest BCUT2D eigenvalue weighted by Gasteiger charge is 2.16. The fourth-order valence-corrected chi connectivity index (χ4v) is 1.31. The van der Waals surface area contributed by atoms with Gasteiger partial charge in [0, 0.05) is 11.2 Å². The standard InChI is InChI=1S/C14H22N2O2/c1-4-14(3,15)10-18-9-13(17)16-12-7-5-11(2)6-8-12/h5-8H,4,9-10,15H2,1-3H3,(H,16,17). The van der Waals surface area contributed by atoms with E-state index in [0.29, 0.717) is 6.61 Å². The third-order valence-corrected chi connectivity index (χ3v) is 2.81. The van der Waals surface area contributed by atoms with Gasteiger partial charge in [-0.25, -0.2) is 0 Å². The molecule has 1 unspecified atom stereocenters. The minimum atomic E-state index is -0.371. The van der Waals surface area contributed by atoms with Gasteiger partial charge in [0.2, 0.25) is 5.91 Å². The molecule has 3 N–H and O–H groups in total. The molecular formula is C14H22N2O2. The first kappa shape index (κ1) is 14.7. The third kappa shape index (κ3) is 5.29. The first-order valence-corrected chi connectivity index (χ1v) is 6.16. The second-order valence-corrected chi connectivity index (χ2v) is 4.91. The molecule has 1 aromatic carbocycles. The van der Waals surface area contributed by atoms with E-state index in [0.717, 1.165) is 17.7 Å². The summed E-state index contributed by atoms with van der Waals surface area (Å²) in [5.41, 5.74) is 7.48.